The summed E-state index contributed by atoms with van der Waals surface area (Å²) < 4.78 is 10.5. The van der Waals surface area contributed by atoms with E-state index in [2.05, 4.69) is 5.32 Å². The molecule has 4 heteroatoms. The van der Waals surface area contributed by atoms with Crippen LogP contribution < -0.4 is 14.8 Å². The lowest BCUT2D eigenvalue weighted by Gasteiger charge is -2.21. The van der Waals surface area contributed by atoms with E-state index in [-0.39, 0.29) is 0 Å². The van der Waals surface area contributed by atoms with Gasteiger partial charge >= 0.3 is 0 Å². The van der Waals surface area contributed by atoms with Crippen molar-refractivity contribution in [3.63, 3.8) is 0 Å². The summed E-state index contributed by atoms with van der Waals surface area (Å²) in [7, 11) is 3.30. The van der Waals surface area contributed by atoms with Crippen LogP contribution >= 0.6 is 12.2 Å². The first-order chi connectivity index (χ1) is 7.26. The number of hydrogen-bond acceptors (Lipinski definition) is 3. The molecule has 0 amide bonds. The van der Waals surface area contributed by atoms with Gasteiger partial charge in [-0.05, 0) is 18.1 Å². The Hall–Kier alpha value is -1.29. The summed E-state index contributed by atoms with van der Waals surface area (Å²) >= 11 is 5.26. The molecule has 3 nitrogen and oxygen atoms in total. The number of benzene rings is 1. The van der Waals surface area contributed by atoms with Gasteiger partial charge in [0, 0.05) is 12.6 Å². The summed E-state index contributed by atoms with van der Waals surface area (Å²) in [5.41, 5.74) is 2.19. The van der Waals surface area contributed by atoms with Crippen LogP contribution in [0.3, 0.4) is 0 Å². The second-order valence-corrected chi connectivity index (χ2v) is 3.78. The van der Waals surface area contributed by atoms with Crippen LogP contribution in [0.2, 0.25) is 0 Å². The maximum atomic E-state index is 5.32. The molecule has 1 aromatic carbocycles. The minimum absolute atomic E-state index is 0.760. The fourth-order valence-corrected chi connectivity index (χ4v) is 2.11. The van der Waals surface area contributed by atoms with Crippen molar-refractivity contribution >= 4 is 17.2 Å². The third kappa shape index (κ3) is 1.77. The number of hydrogen-bond donors (Lipinski definition) is 1. The fraction of sp³-hybridized carbons (Fsp3) is 0.364. The van der Waals surface area contributed by atoms with E-state index in [0.29, 0.717) is 0 Å². The van der Waals surface area contributed by atoms with E-state index < -0.39 is 0 Å². The summed E-state index contributed by atoms with van der Waals surface area (Å²) in [6, 6.07) is 3.88. The van der Waals surface area contributed by atoms with Gasteiger partial charge in [-0.15, -0.1) is 0 Å². The number of rotatable bonds is 2. The molecule has 1 N–H and O–H groups in total. The topological polar surface area (TPSA) is 30.5 Å². The molecule has 0 bridgehead atoms. The van der Waals surface area contributed by atoms with Gasteiger partial charge in [0.2, 0.25) is 0 Å². The predicted molar refractivity (Wildman–Crippen MR) is 63.0 cm³/mol. The van der Waals surface area contributed by atoms with E-state index in [9.17, 15) is 0 Å². The highest BCUT2D eigenvalue weighted by molar-refractivity contribution is 7.80. The summed E-state index contributed by atoms with van der Waals surface area (Å²) in [5, 5.41) is 3.16. The lowest BCUT2D eigenvalue weighted by molar-refractivity contribution is 0.392. The number of methoxy groups -OCH3 is 2. The SMILES string of the molecule is COc1cc2c(c(OC)c1)C(=S)NCC2. The molecule has 1 heterocycles. The van der Waals surface area contributed by atoms with Crippen molar-refractivity contribution in [3.05, 3.63) is 23.3 Å². The molecule has 2 rings (SSSR count). The number of thiocarbonyl (C=S) groups is 1. The van der Waals surface area contributed by atoms with E-state index in [1.165, 1.54) is 5.56 Å². The van der Waals surface area contributed by atoms with Crippen LogP contribution in [0, 0.1) is 0 Å². The molecule has 0 saturated carbocycles. The minimum Gasteiger partial charge on any atom is -0.497 e. The van der Waals surface area contributed by atoms with Crippen LogP contribution in [0.4, 0.5) is 0 Å². The van der Waals surface area contributed by atoms with Crippen molar-refractivity contribution in [2.45, 2.75) is 6.42 Å². The van der Waals surface area contributed by atoms with Crippen LogP contribution in [0.5, 0.6) is 11.5 Å². The summed E-state index contributed by atoms with van der Waals surface area (Å²) in [6.07, 6.45) is 0.947. The van der Waals surface area contributed by atoms with Crippen LogP contribution in [-0.2, 0) is 6.42 Å². The molecular formula is C11H13NO2S. The Labute approximate surface area is 94.4 Å². The summed E-state index contributed by atoms with van der Waals surface area (Å²) in [4.78, 5) is 0.760. The quantitative estimate of drug-likeness (QED) is 0.770. The van der Waals surface area contributed by atoms with Gasteiger partial charge in [0.05, 0.1) is 19.8 Å². The third-order valence-electron chi connectivity index (χ3n) is 2.52. The third-order valence-corrected chi connectivity index (χ3v) is 2.87. The van der Waals surface area contributed by atoms with E-state index in [0.717, 1.165) is 35.0 Å². The number of nitrogens with one attached hydrogen (secondary N) is 1. The number of ether oxygens (including phenoxy) is 2. The van der Waals surface area contributed by atoms with Crippen LogP contribution in [0.1, 0.15) is 11.1 Å². The van der Waals surface area contributed by atoms with Crippen LogP contribution in [0.25, 0.3) is 0 Å². The lowest BCUT2D eigenvalue weighted by Crippen LogP contribution is -2.31. The summed E-state index contributed by atoms with van der Waals surface area (Å²) in [6.45, 7) is 0.877. The van der Waals surface area contributed by atoms with Gasteiger partial charge in [0.15, 0.2) is 0 Å². The molecule has 0 radical (unpaired) electrons. The molecule has 1 aliphatic heterocycles. The normalized spacial score (nSPS) is 14.1. The number of fused-ring (bicyclic) bond motifs is 1. The first-order valence-corrected chi connectivity index (χ1v) is 5.20. The molecule has 15 heavy (non-hydrogen) atoms. The molecule has 80 valence electrons. The molecule has 1 aromatic rings. The van der Waals surface area contributed by atoms with Crippen molar-refractivity contribution in [2.75, 3.05) is 20.8 Å². The zero-order chi connectivity index (χ0) is 10.8. The van der Waals surface area contributed by atoms with Gasteiger partial charge in [-0.25, -0.2) is 0 Å². The van der Waals surface area contributed by atoms with E-state index in [1.54, 1.807) is 14.2 Å². The molecule has 0 spiro atoms. The highest BCUT2D eigenvalue weighted by atomic mass is 32.1. The Balaban J connectivity index is 2.57. The second kappa shape index (κ2) is 4.06. The Morgan fingerprint density at radius 3 is 2.73 bits per heavy atom. The average molecular weight is 223 g/mol. The van der Waals surface area contributed by atoms with Gasteiger partial charge in [0.25, 0.3) is 0 Å². The van der Waals surface area contributed by atoms with E-state index in [1.807, 2.05) is 12.1 Å². The highest BCUT2D eigenvalue weighted by Crippen LogP contribution is 2.30. The largest absolute Gasteiger partial charge is 0.497 e. The molecule has 1 aliphatic rings. The Kier molecular flexibility index (Phi) is 2.77. The van der Waals surface area contributed by atoms with E-state index in [4.69, 9.17) is 21.7 Å². The van der Waals surface area contributed by atoms with Crippen LogP contribution in [0.15, 0.2) is 12.1 Å². The maximum Gasteiger partial charge on any atom is 0.133 e. The monoisotopic (exact) mass is 223 g/mol. The van der Waals surface area contributed by atoms with Gasteiger partial charge < -0.3 is 14.8 Å². The first kappa shape index (κ1) is 10.2. The Bertz CT molecular complexity index is 387. The smallest absolute Gasteiger partial charge is 0.133 e. The van der Waals surface area contributed by atoms with Crippen molar-refractivity contribution < 1.29 is 9.47 Å². The molecular weight excluding hydrogens is 210 g/mol. The van der Waals surface area contributed by atoms with Crippen molar-refractivity contribution in [2.24, 2.45) is 0 Å². The fourth-order valence-electron chi connectivity index (χ4n) is 1.78. The lowest BCUT2D eigenvalue weighted by atomic mass is 9.99. The maximum absolute atomic E-state index is 5.32. The predicted octanol–water partition coefficient (Wildman–Crippen LogP) is 1.52. The second-order valence-electron chi connectivity index (χ2n) is 3.37. The average Bonchev–Trinajstić information content (AvgIpc) is 2.27. The first-order valence-electron chi connectivity index (χ1n) is 4.79. The molecule has 0 aromatic heterocycles. The molecule has 0 fully saturated rings. The summed E-state index contributed by atoms with van der Waals surface area (Å²) in [5.74, 6) is 1.59. The highest BCUT2D eigenvalue weighted by Gasteiger charge is 2.19. The van der Waals surface area contributed by atoms with Crippen LogP contribution in [-0.4, -0.2) is 25.8 Å². The van der Waals surface area contributed by atoms with Gasteiger partial charge in [-0.3, -0.25) is 0 Å². The van der Waals surface area contributed by atoms with Crippen molar-refractivity contribution in [1.82, 2.24) is 5.32 Å². The zero-order valence-corrected chi connectivity index (χ0v) is 9.61. The van der Waals surface area contributed by atoms with Gasteiger partial charge in [0.1, 0.15) is 16.5 Å². The minimum atomic E-state index is 0.760. The van der Waals surface area contributed by atoms with Gasteiger partial charge in [-0.1, -0.05) is 12.2 Å². The standard InChI is InChI=1S/C11H13NO2S/c1-13-8-5-7-3-4-12-11(15)10(7)9(6-8)14-2/h5-6H,3-4H2,1-2H3,(H,12,15). The molecule has 0 saturated heterocycles. The van der Waals surface area contributed by atoms with Crippen molar-refractivity contribution in [1.29, 1.82) is 0 Å². The Morgan fingerprint density at radius 1 is 1.27 bits per heavy atom. The van der Waals surface area contributed by atoms with E-state index >= 15 is 0 Å². The molecule has 0 atom stereocenters. The molecule has 0 aliphatic carbocycles. The Morgan fingerprint density at radius 2 is 2.07 bits per heavy atom. The van der Waals surface area contributed by atoms with Crippen molar-refractivity contribution in [3.8, 4) is 11.5 Å². The zero-order valence-electron chi connectivity index (χ0n) is 8.79. The van der Waals surface area contributed by atoms with Gasteiger partial charge in [-0.2, -0.15) is 0 Å². The molecule has 0 unspecified atom stereocenters.